The normalized spacial score (nSPS) is 43.6. The summed E-state index contributed by atoms with van der Waals surface area (Å²) >= 11 is 0. The second-order valence-electron chi connectivity index (χ2n) is 7.85. The van der Waals surface area contributed by atoms with Crippen LogP contribution in [0.15, 0.2) is 0 Å². The van der Waals surface area contributed by atoms with E-state index in [4.69, 9.17) is 5.73 Å². The van der Waals surface area contributed by atoms with E-state index >= 15 is 0 Å². The van der Waals surface area contributed by atoms with Gasteiger partial charge in [-0.15, -0.1) is 12.4 Å². The summed E-state index contributed by atoms with van der Waals surface area (Å²) in [4.78, 5) is 14.7. The Morgan fingerprint density at radius 1 is 1.05 bits per heavy atom. The number of amides is 1. The highest BCUT2D eigenvalue weighted by molar-refractivity contribution is 5.87. The van der Waals surface area contributed by atoms with E-state index in [-0.39, 0.29) is 18.3 Å². The van der Waals surface area contributed by atoms with Crippen LogP contribution in [0.1, 0.15) is 51.4 Å². The van der Waals surface area contributed by atoms with Crippen LogP contribution in [-0.4, -0.2) is 29.4 Å². The van der Waals surface area contributed by atoms with Crippen LogP contribution in [0.3, 0.4) is 0 Å². The van der Waals surface area contributed by atoms with E-state index in [1.807, 2.05) is 7.05 Å². The summed E-state index contributed by atoms with van der Waals surface area (Å²) < 4.78 is 0. The number of rotatable bonds is 2. The third-order valence-corrected chi connectivity index (χ3v) is 6.62. The van der Waals surface area contributed by atoms with Crippen molar-refractivity contribution in [1.29, 1.82) is 0 Å². The van der Waals surface area contributed by atoms with Gasteiger partial charge in [0.05, 0.1) is 5.54 Å². The van der Waals surface area contributed by atoms with Crippen molar-refractivity contribution in [2.45, 2.75) is 62.9 Å². The average Bonchev–Trinajstić information content (AvgIpc) is 2.33. The lowest BCUT2D eigenvalue weighted by Gasteiger charge is -2.57. The molecule has 0 radical (unpaired) electrons. The summed E-state index contributed by atoms with van der Waals surface area (Å²) in [5, 5.41) is 0. The fourth-order valence-electron chi connectivity index (χ4n) is 5.79. The van der Waals surface area contributed by atoms with E-state index in [1.165, 1.54) is 32.1 Å². The molecular weight excluding hydrogens is 272 g/mol. The molecule has 3 nitrogen and oxygen atoms in total. The molecule has 0 aliphatic heterocycles. The van der Waals surface area contributed by atoms with Gasteiger partial charge in [-0.3, -0.25) is 4.79 Å². The molecule has 5 aliphatic rings. The van der Waals surface area contributed by atoms with Gasteiger partial charge in [0.15, 0.2) is 0 Å². The number of nitrogens with zero attached hydrogens (tertiary/aromatic N) is 1. The number of hydrogen-bond donors (Lipinski definition) is 1. The quantitative estimate of drug-likeness (QED) is 0.852. The van der Waals surface area contributed by atoms with Crippen molar-refractivity contribution >= 4 is 18.3 Å². The Hall–Kier alpha value is -0.280. The summed E-state index contributed by atoms with van der Waals surface area (Å²) in [6, 6.07) is 0.501. The van der Waals surface area contributed by atoms with E-state index in [0.717, 1.165) is 42.9 Å². The van der Waals surface area contributed by atoms with Gasteiger partial charge in [0.2, 0.25) is 5.91 Å². The summed E-state index contributed by atoms with van der Waals surface area (Å²) in [5.41, 5.74) is 5.74. The number of nitrogens with two attached hydrogens (primary N) is 1. The monoisotopic (exact) mass is 298 g/mol. The van der Waals surface area contributed by atoms with Crippen molar-refractivity contribution in [1.82, 2.24) is 4.90 Å². The van der Waals surface area contributed by atoms with Gasteiger partial charge in [0, 0.05) is 13.1 Å². The van der Waals surface area contributed by atoms with Crippen LogP contribution in [-0.2, 0) is 4.79 Å². The topological polar surface area (TPSA) is 46.3 Å². The molecule has 5 fully saturated rings. The zero-order valence-electron chi connectivity index (χ0n) is 12.4. The van der Waals surface area contributed by atoms with Crippen LogP contribution < -0.4 is 5.73 Å². The second-order valence-corrected chi connectivity index (χ2v) is 7.85. The number of carbonyl (C=O) groups excluding carboxylic acids is 1. The molecule has 4 heteroatoms. The molecule has 0 aromatic carbocycles. The van der Waals surface area contributed by atoms with Crippen molar-refractivity contribution in [2.24, 2.45) is 29.4 Å². The van der Waals surface area contributed by atoms with Crippen LogP contribution in [0.25, 0.3) is 0 Å². The van der Waals surface area contributed by atoms with E-state index in [9.17, 15) is 4.79 Å². The van der Waals surface area contributed by atoms with Crippen molar-refractivity contribution in [2.75, 3.05) is 7.05 Å². The Kier molecular flexibility index (Phi) is 3.57. The molecule has 5 saturated carbocycles. The number of carbonyl (C=O) groups is 1. The molecule has 5 aliphatic carbocycles. The van der Waals surface area contributed by atoms with Gasteiger partial charge >= 0.3 is 0 Å². The zero-order valence-corrected chi connectivity index (χ0v) is 13.2. The molecule has 0 saturated heterocycles. The Balaban J connectivity index is 0.00000121. The van der Waals surface area contributed by atoms with Crippen LogP contribution in [0.2, 0.25) is 0 Å². The first kappa shape index (κ1) is 14.6. The van der Waals surface area contributed by atoms with E-state index in [0.29, 0.717) is 6.04 Å². The Labute approximate surface area is 128 Å². The van der Waals surface area contributed by atoms with Gasteiger partial charge in [0.25, 0.3) is 0 Å². The molecule has 0 aromatic heterocycles. The second kappa shape index (κ2) is 4.88. The molecular formula is C16H27ClN2O. The van der Waals surface area contributed by atoms with Crippen molar-refractivity contribution in [3.63, 3.8) is 0 Å². The highest BCUT2D eigenvalue weighted by Crippen LogP contribution is 2.55. The van der Waals surface area contributed by atoms with Crippen molar-refractivity contribution < 1.29 is 4.79 Å². The van der Waals surface area contributed by atoms with Crippen LogP contribution >= 0.6 is 12.4 Å². The lowest BCUT2D eigenvalue weighted by Crippen LogP contribution is -2.64. The van der Waals surface area contributed by atoms with E-state index in [1.54, 1.807) is 0 Å². The first-order valence-electron chi connectivity index (χ1n) is 8.13. The van der Waals surface area contributed by atoms with Crippen LogP contribution in [0.5, 0.6) is 0 Å². The molecule has 0 aromatic rings. The van der Waals surface area contributed by atoms with Gasteiger partial charge in [-0.1, -0.05) is 0 Å². The molecule has 0 spiro atoms. The number of halogens is 1. The lowest BCUT2D eigenvalue weighted by molar-refractivity contribution is -0.149. The average molecular weight is 299 g/mol. The maximum Gasteiger partial charge on any atom is 0.242 e. The highest BCUT2D eigenvalue weighted by Gasteiger charge is 2.52. The van der Waals surface area contributed by atoms with Crippen molar-refractivity contribution in [3.05, 3.63) is 0 Å². The predicted molar refractivity (Wildman–Crippen MR) is 81.6 cm³/mol. The minimum absolute atomic E-state index is 0. The van der Waals surface area contributed by atoms with Crippen LogP contribution in [0, 0.1) is 23.7 Å². The predicted octanol–water partition coefficient (Wildman–Crippen LogP) is 2.57. The molecule has 0 unspecified atom stereocenters. The van der Waals surface area contributed by atoms with E-state index < -0.39 is 5.54 Å². The molecule has 114 valence electrons. The van der Waals surface area contributed by atoms with Gasteiger partial charge < -0.3 is 10.6 Å². The molecule has 5 rings (SSSR count). The Morgan fingerprint density at radius 3 is 1.95 bits per heavy atom. The summed E-state index contributed by atoms with van der Waals surface area (Å²) in [6.07, 6.45) is 9.85. The maximum absolute atomic E-state index is 12.7. The van der Waals surface area contributed by atoms with E-state index in [2.05, 4.69) is 4.90 Å². The summed E-state index contributed by atoms with van der Waals surface area (Å²) in [5.74, 6) is 3.72. The third kappa shape index (κ3) is 2.00. The van der Waals surface area contributed by atoms with Crippen molar-refractivity contribution in [3.8, 4) is 0 Å². The minimum atomic E-state index is -0.511. The largest absolute Gasteiger partial charge is 0.341 e. The smallest absolute Gasteiger partial charge is 0.242 e. The SMILES string of the molecule is CN(C(=O)C1(N)CCC1)C1C2CC3CC(C2)CC1C3.Cl. The maximum atomic E-state index is 12.7. The molecule has 2 N–H and O–H groups in total. The molecule has 0 heterocycles. The van der Waals surface area contributed by atoms with Gasteiger partial charge in [0.1, 0.15) is 0 Å². The Bertz CT molecular complexity index is 379. The third-order valence-electron chi connectivity index (χ3n) is 6.62. The lowest BCUT2D eigenvalue weighted by atomic mass is 9.53. The summed E-state index contributed by atoms with van der Waals surface area (Å²) in [6.45, 7) is 0. The minimum Gasteiger partial charge on any atom is -0.341 e. The first-order chi connectivity index (χ1) is 9.07. The molecule has 4 bridgehead atoms. The standard InChI is InChI=1S/C16H26N2O.ClH/c1-18(15(19)16(17)3-2-4-16)14-12-6-10-5-11(8-12)9-13(14)7-10;/h10-14H,2-9,17H2,1H3;1H. The molecule has 0 atom stereocenters. The number of likely N-dealkylation sites (N-methyl/N-ethyl adjacent to an activating group) is 1. The van der Waals surface area contributed by atoms with Gasteiger partial charge in [-0.25, -0.2) is 0 Å². The fraction of sp³-hybridized carbons (Fsp3) is 0.938. The number of hydrogen-bond acceptors (Lipinski definition) is 2. The molecule has 1 amide bonds. The Morgan fingerprint density at radius 2 is 1.55 bits per heavy atom. The zero-order chi connectivity index (χ0) is 13.2. The molecule has 20 heavy (non-hydrogen) atoms. The fourth-order valence-corrected chi connectivity index (χ4v) is 5.79. The first-order valence-corrected chi connectivity index (χ1v) is 8.13. The van der Waals surface area contributed by atoms with Gasteiger partial charge in [-0.2, -0.15) is 0 Å². The summed E-state index contributed by atoms with van der Waals surface area (Å²) in [7, 11) is 2.03. The van der Waals surface area contributed by atoms with Gasteiger partial charge in [-0.05, 0) is 75.0 Å². The highest BCUT2D eigenvalue weighted by atomic mass is 35.5. The van der Waals surface area contributed by atoms with Crippen LogP contribution in [0.4, 0.5) is 0 Å².